The van der Waals surface area contributed by atoms with Crippen LogP contribution in [0, 0.1) is 0 Å². The minimum Gasteiger partial charge on any atom is -0.497 e. The van der Waals surface area contributed by atoms with Gasteiger partial charge < -0.3 is 14.8 Å². The molecule has 1 aromatic heterocycles. The molecule has 1 heterocycles. The summed E-state index contributed by atoms with van der Waals surface area (Å²) in [6.07, 6.45) is 1.42. The van der Waals surface area contributed by atoms with Gasteiger partial charge in [-0.25, -0.2) is 9.48 Å². The van der Waals surface area contributed by atoms with E-state index in [1.165, 1.54) is 20.4 Å². The first-order chi connectivity index (χ1) is 13.5. The molecule has 0 aliphatic carbocycles. The summed E-state index contributed by atoms with van der Waals surface area (Å²) in [4.78, 5) is 28.5. The average Bonchev–Trinajstić information content (AvgIpc) is 2.70. The largest absolute Gasteiger partial charge is 0.497 e. The number of ether oxygens (including phenoxy) is 2. The minimum absolute atomic E-state index is 0.290. The third kappa shape index (κ3) is 4.47. The van der Waals surface area contributed by atoms with Gasteiger partial charge in [-0.15, -0.1) is 0 Å². The molecular weight excluding hydrogens is 384 g/mol. The third-order valence-electron chi connectivity index (χ3n) is 3.87. The number of hydrogen-bond donors (Lipinski definition) is 1. The second-order valence-corrected chi connectivity index (χ2v) is 6.14. The van der Waals surface area contributed by atoms with Crippen LogP contribution in [0.2, 0.25) is 5.02 Å². The number of rotatable bonds is 6. The molecule has 0 aliphatic rings. The monoisotopic (exact) mass is 400 g/mol. The number of carbonyl (C=O) groups is 1. The molecule has 2 aromatic carbocycles. The number of aromatic nitrogens is 3. The molecule has 0 unspecified atom stereocenters. The minimum atomic E-state index is -0.635. The molecule has 3 aromatic rings. The Bertz CT molecular complexity index is 1050. The van der Waals surface area contributed by atoms with E-state index in [-0.39, 0.29) is 6.54 Å². The van der Waals surface area contributed by atoms with Gasteiger partial charge in [0, 0.05) is 16.7 Å². The fourth-order valence-electron chi connectivity index (χ4n) is 2.46. The highest BCUT2D eigenvalue weighted by molar-refractivity contribution is 6.30. The topological polar surface area (TPSA) is 95.3 Å². The van der Waals surface area contributed by atoms with Crippen molar-refractivity contribution >= 4 is 23.2 Å². The van der Waals surface area contributed by atoms with E-state index in [1.807, 2.05) is 0 Å². The molecule has 3 rings (SSSR count). The van der Waals surface area contributed by atoms with Gasteiger partial charge in [0.15, 0.2) is 0 Å². The quantitative estimate of drug-likeness (QED) is 0.683. The Morgan fingerprint density at radius 3 is 2.54 bits per heavy atom. The normalized spacial score (nSPS) is 10.4. The highest BCUT2D eigenvalue weighted by atomic mass is 35.5. The molecule has 0 spiro atoms. The molecule has 1 N–H and O–H groups in total. The molecule has 1 amide bonds. The lowest BCUT2D eigenvalue weighted by molar-refractivity contribution is -0.117. The van der Waals surface area contributed by atoms with Gasteiger partial charge in [-0.3, -0.25) is 4.79 Å². The Morgan fingerprint density at radius 2 is 1.89 bits per heavy atom. The van der Waals surface area contributed by atoms with Crippen molar-refractivity contribution in [1.82, 2.24) is 14.8 Å². The first-order valence-corrected chi connectivity index (χ1v) is 8.60. The van der Waals surface area contributed by atoms with Crippen LogP contribution in [0.3, 0.4) is 0 Å². The zero-order valence-electron chi connectivity index (χ0n) is 15.2. The summed E-state index contributed by atoms with van der Waals surface area (Å²) in [5.41, 5.74) is 0.917. The summed E-state index contributed by atoms with van der Waals surface area (Å²) < 4.78 is 11.3. The Kier molecular flexibility index (Phi) is 5.90. The molecule has 0 atom stereocenters. The summed E-state index contributed by atoms with van der Waals surface area (Å²) >= 11 is 5.86. The van der Waals surface area contributed by atoms with Gasteiger partial charge in [-0.2, -0.15) is 10.1 Å². The number of nitrogens with zero attached hydrogens (tertiary/aromatic N) is 3. The van der Waals surface area contributed by atoms with Crippen molar-refractivity contribution < 1.29 is 14.3 Å². The Hall–Kier alpha value is -3.39. The second kappa shape index (κ2) is 8.53. The Morgan fingerprint density at radius 1 is 1.14 bits per heavy atom. The van der Waals surface area contributed by atoms with Crippen LogP contribution in [0.1, 0.15) is 0 Å². The van der Waals surface area contributed by atoms with Crippen LogP contribution in [0.4, 0.5) is 5.69 Å². The zero-order valence-corrected chi connectivity index (χ0v) is 15.9. The summed E-state index contributed by atoms with van der Waals surface area (Å²) in [5.74, 6) is 0.582. The summed E-state index contributed by atoms with van der Waals surface area (Å²) in [7, 11) is 3.02. The lowest BCUT2D eigenvalue weighted by Crippen LogP contribution is -2.31. The van der Waals surface area contributed by atoms with E-state index in [2.05, 4.69) is 15.4 Å². The highest BCUT2D eigenvalue weighted by Gasteiger charge is 2.12. The average molecular weight is 401 g/mol. The lowest BCUT2D eigenvalue weighted by atomic mass is 10.2. The van der Waals surface area contributed by atoms with Gasteiger partial charge in [0.2, 0.25) is 5.91 Å². The predicted molar refractivity (Wildman–Crippen MR) is 105 cm³/mol. The fourth-order valence-corrected chi connectivity index (χ4v) is 2.59. The van der Waals surface area contributed by atoms with Crippen molar-refractivity contribution in [3.63, 3.8) is 0 Å². The molecule has 8 nitrogen and oxygen atoms in total. The standard InChI is InChI=1S/C19H17ClN4O4/c1-27-14-7-8-15(17(9-14)28-2)22-18(25)11-24-19(26)23-16(10-21-24)12-3-5-13(20)6-4-12/h3-10H,11H2,1-2H3,(H,22,25). The molecule has 0 saturated heterocycles. The second-order valence-electron chi connectivity index (χ2n) is 5.70. The maximum absolute atomic E-state index is 12.3. The maximum atomic E-state index is 12.3. The number of hydrogen-bond acceptors (Lipinski definition) is 6. The van der Waals surface area contributed by atoms with E-state index in [9.17, 15) is 9.59 Å². The molecule has 144 valence electrons. The van der Waals surface area contributed by atoms with Crippen molar-refractivity contribution in [3.8, 4) is 22.8 Å². The van der Waals surface area contributed by atoms with Gasteiger partial charge in [0.25, 0.3) is 0 Å². The first-order valence-electron chi connectivity index (χ1n) is 8.22. The van der Waals surface area contributed by atoms with E-state index in [0.29, 0.717) is 33.5 Å². The van der Waals surface area contributed by atoms with E-state index in [1.54, 1.807) is 42.5 Å². The zero-order chi connectivity index (χ0) is 20.1. The number of amides is 1. The number of nitrogens with one attached hydrogen (secondary N) is 1. The molecule has 28 heavy (non-hydrogen) atoms. The molecule has 0 aliphatic heterocycles. The molecule has 0 radical (unpaired) electrons. The molecule has 0 bridgehead atoms. The van der Waals surface area contributed by atoms with E-state index >= 15 is 0 Å². The number of anilines is 1. The van der Waals surface area contributed by atoms with Gasteiger partial charge in [-0.1, -0.05) is 23.7 Å². The van der Waals surface area contributed by atoms with Gasteiger partial charge >= 0.3 is 5.69 Å². The SMILES string of the molecule is COc1ccc(NC(=O)Cn2ncc(-c3ccc(Cl)cc3)nc2=O)c(OC)c1. The van der Waals surface area contributed by atoms with Crippen LogP contribution in [0.25, 0.3) is 11.3 Å². The molecule has 0 fully saturated rings. The van der Waals surface area contributed by atoms with Gasteiger partial charge in [0.05, 0.1) is 31.8 Å². The molecule has 9 heteroatoms. The molecule has 0 saturated carbocycles. The van der Waals surface area contributed by atoms with Crippen molar-refractivity contribution in [1.29, 1.82) is 0 Å². The van der Waals surface area contributed by atoms with Crippen LogP contribution in [0.15, 0.2) is 53.5 Å². The fraction of sp³-hybridized carbons (Fsp3) is 0.158. The third-order valence-corrected chi connectivity index (χ3v) is 4.12. The van der Waals surface area contributed by atoms with Crippen LogP contribution in [-0.2, 0) is 11.3 Å². The number of halogens is 1. The van der Waals surface area contributed by atoms with Crippen LogP contribution in [0.5, 0.6) is 11.5 Å². The van der Waals surface area contributed by atoms with E-state index < -0.39 is 11.6 Å². The van der Waals surface area contributed by atoms with E-state index in [4.69, 9.17) is 21.1 Å². The summed E-state index contributed by atoms with van der Waals surface area (Å²) in [5, 5.41) is 7.28. The van der Waals surface area contributed by atoms with Crippen molar-refractivity contribution in [3.05, 3.63) is 64.2 Å². The van der Waals surface area contributed by atoms with Crippen molar-refractivity contribution in [2.45, 2.75) is 6.54 Å². The maximum Gasteiger partial charge on any atom is 0.365 e. The van der Waals surface area contributed by atoms with Gasteiger partial charge in [0.1, 0.15) is 18.0 Å². The number of benzene rings is 2. The summed E-state index contributed by atoms with van der Waals surface area (Å²) in [6.45, 7) is -0.290. The number of methoxy groups -OCH3 is 2. The number of carbonyl (C=O) groups excluding carboxylic acids is 1. The smallest absolute Gasteiger partial charge is 0.365 e. The Labute approximate surface area is 165 Å². The summed E-state index contributed by atoms with van der Waals surface area (Å²) in [6, 6.07) is 11.8. The van der Waals surface area contributed by atoms with Gasteiger partial charge in [-0.05, 0) is 24.3 Å². The lowest BCUT2D eigenvalue weighted by Gasteiger charge is -2.12. The van der Waals surface area contributed by atoms with E-state index in [0.717, 1.165) is 4.68 Å². The van der Waals surface area contributed by atoms with Crippen LogP contribution < -0.4 is 20.5 Å². The Balaban J connectivity index is 1.74. The van der Waals surface area contributed by atoms with Crippen molar-refractivity contribution in [2.75, 3.05) is 19.5 Å². The first kappa shape index (κ1) is 19.4. The highest BCUT2D eigenvalue weighted by Crippen LogP contribution is 2.28. The van der Waals surface area contributed by atoms with Crippen LogP contribution >= 0.6 is 11.6 Å². The van der Waals surface area contributed by atoms with Crippen LogP contribution in [-0.4, -0.2) is 34.9 Å². The molecular formula is C19H17ClN4O4. The van der Waals surface area contributed by atoms with Crippen molar-refractivity contribution in [2.24, 2.45) is 0 Å². The predicted octanol–water partition coefficient (Wildman–Crippen LogP) is 2.61.